The fourth-order valence-corrected chi connectivity index (χ4v) is 4.05. The lowest BCUT2D eigenvalue weighted by Crippen LogP contribution is -2.47. The predicted octanol–water partition coefficient (Wildman–Crippen LogP) is 1.23. The molecule has 0 bridgehead atoms. The quantitative estimate of drug-likeness (QED) is 0.849. The van der Waals surface area contributed by atoms with Crippen molar-refractivity contribution in [3.63, 3.8) is 0 Å². The Morgan fingerprint density at radius 1 is 1.17 bits per heavy atom. The summed E-state index contributed by atoms with van der Waals surface area (Å²) in [4.78, 5) is 25.5. The molecule has 2 aromatic heterocycles. The van der Waals surface area contributed by atoms with Crippen molar-refractivity contribution in [2.75, 3.05) is 24.5 Å². The zero-order chi connectivity index (χ0) is 16.6. The van der Waals surface area contributed by atoms with Gasteiger partial charge in [-0.15, -0.1) is 0 Å². The minimum Gasteiger partial charge on any atom is -0.309 e. The van der Waals surface area contributed by atoms with Crippen LogP contribution in [0, 0.1) is 5.41 Å². The summed E-state index contributed by atoms with van der Waals surface area (Å²) in [6, 6.07) is 0. The van der Waals surface area contributed by atoms with Crippen molar-refractivity contribution in [3.8, 4) is 0 Å². The van der Waals surface area contributed by atoms with Crippen LogP contribution in [0.15, 0.2) is 31.1 Å². The number of likely N-dealkylation sites (tertiary alicyclic amines) is 1. The van der Waals surface area contributed by atoms with E-state index < -0.39 is 0 Å². The molecule has 1 spiro atoms. The average molecular weight is 326 g/mol. The first-order chi connectivity index (χ1) is 11.7. The van der Waals surface area contributed by atoms with Crippen LogP contribution in [0.1, 0.15) is 24.8 Å². The number of hydrogen-bond acceptors (Lipinski definition) is 5. The molecule has 2 aliphatic rings. The van der Waals surface area contributed by atoms with Gasteiger partial charge in [-0.1, -0.05) is 0 Å². The average Bonchev–Trinajstić information content (AvgIpc) is 3.13. The third-order valence-corrected chi connectivity index (χ3v) is 5.19. The maximum atomic E-state index is 13.1. The van der Waals surface area contributed by atoms with Crippen LogP contribution in [-0.2, 0) is 18.4 Å². The van der Waals surface area contributed by atoms with Crippen LogP contribution in [-0.4, -0.2) is 50.2 Å². The molecule has 2 fully saturated rings. The molecule has 24 heavy (non-hydrogen) atoms. The Morgan fingerprint density at radius 3 is 2.75 bits per heavy atom. The molecule has 2 saturated heterocycles. The van der Waals surface area contributed by atoms with Crippen LogP contribution in [0.3, 0.4) is 0 Å². The van der Waals surface area contributed by atoms with E-state index in [1.54, 1.807) is 12.4 Å². The lowest BCUT2D eigenvalue weighted by atomic mass is 9.78. The van der Waals surface area contributed by atoms with E-state index in [0.717, 1.165) is 51.1 Å². The standard InChI is InChI=1S/C17H22N6O/c1-21-10-14(7-20-21)11-22-5-2-3-17(12-22)4-6-23(16(17)24)15-8-18-13-19-9-15/h7-10,13H,2-6,11-12H2,1H3/t17-/m1/s1. The van der Waals surface area contributed by atoms with E-state index in [0.29, 0.717) is 0 Å². The number of anilines is 1. The van der Waals surface area contributed by atoms with Gasteiger partial charge in [-0.25, -0.2) is 9.97 Å². The number of rotatable bonds is 3. The number of amides is 1. The highest BCUT2D eigenvalue weighted by molar-refractivity contribution is 5.99. The second-order valence-corrected chi connectivity index (χ2v) is 6.92. The fraction of sp³-hybridized carbons (Fsp3) is 0.529. The minimum absolute atomic E-state index is 0.230. The van der Waals surface area contributed by atoms with Crippen molar-refractivity contribution in [3.05, 3.63) is 36.7 Å². The molecule has 7 nitrogen and oxygen atoms in total. The van der Waals surface area contributed by atoms with Crippen LogP contribution in [0.25, 0.3) is 0 Å². The van der Waals surface area contributed by atoms with Gasteiger partial charge in [0.1, 0.15) is 6.33 Å². The number of nitrogens with zero attached hydrogens (tertiary/aromatic N) is 6. The number of aryl methyl sites for hydroxylation is 1. The first-order valence-corrected chi connectivity index (χ1v) is 8.43. The van der Waals surface area contributed by atoms with Gasteiger partial charge in [0.15, 0.2) is 0 Å². The molecule has 0 radical (unpaired) electrons. The molecule has 0 unspecified atom stereocenters. The lowest BCUT2D eigenvalue weighted by molar-refractivity contribution is -0.128. The summed E-state index contributed by atoms with van der Waals surface area (Å²) in [5.41, 5.74) is 1.76. The van der Waals surface area contributed by atoms with E-state index in [4.69, 9.17) is 0 Å². The van der Waals surface area contributed by atoms with Crippen molar-refractivity contribution < 1.29 is 4.79 Å². The maximum absolute atomic E-state index is 13.1. The van der Waals surface area contributed by atoms with Crippen molar-refractivity contribution >= 4 is 11.6 Å². The zero-order valence-corrected chi connectivity index (χ0v) is 13.9. The molecular weight excluding hydrogens is 304 g/mol. The number of piperidine rings is 1. The monoisotopic (exact) mass is 326 g/mol. The second-order valence-electron chi connectivity index (χ2n) is 6.92. The number of hydrogen-bond donors (Lipinski definition) is 0. The zero-order valence-electron chi connectivity index (χ0n) is 13.9. The summed E-state index contributed by atoms with van der Waals surface area (Å²) >= 11 is 0. The van der Waals surface area contributed by atoms with E-state index in [1.807, 2.05) is 29.0 Å². The van der Waals surface area contributed by atoms with Crippen molar-refractivity contribution in [2.45, 2.75) is 25.8 Å². The largest absolute Gasteiger partial charge is 0.309 e. The first kappa shape index (κ1) is 15.3. The molecule has 0 aliphatic carbocycles. The highest BCUT2D eigenvalue weighted by Gasteiger charge is 2.49. The third-order valence-electron chi connectivity index (χ3n) is 5.19. The molecule has 2 aromatic rings. The van der Waals surface area contributed by atoms with Gasteiger partial charge < -0.3 is 4.90 Å². The third kappa shape index (κ3) is 2.69. The number of carbonyl (C=O) groups is 1. The molecule has 4 rings (SSSR count). The molecule has 1 atom stereocenters. The van der Waals surface area contributed by atoms with Gasteiger partial charge in [-0.3, -0.25) is 14.4 Å². The summed E-state index contributed by atoms with van der Waals surface area (Å²) < 4.78 is 1.83. The Kier molecular flexibility index (Phi) is 3.80. The number of carbonyl (C=O) groups excluding carboxylic acids is 1. The first-order valence-electron chi connectivity index (χ1n) is 8.43. The fourth-order valence-electron chi connectivity index (χ4n) is 4.05. The summed E-state index contributed by atoms with van der Waals surface area (Å²) in [6.45, 7) is 3.48. The normalized spacial score (nSPS) is 24.9. The molecule has 1 amide bonds. The van der Waals surface area contributed by atoms with Gasteiger partial charge >= 0.3 is 0 Å². The topological polar surface area (TPSA) is 67.2 Å². The van der Waals surface area contributed by atoms with Crippen LogP contribution in [0.2, 0.25) is 0 Å². The maximum Gasteiger partial charge on any atom is 0.234 e. The van der Waals surface area contributed by atoms with E-state index in [9.17, 15) is 4.79 Å². The summed E-state index contributed by atoms with van der Waals surface area (Å²) in [5, 5.41) is 4.24. The Labute approximate surface area is 141 Å². The molecule has 0 saturated carbocycles. The highest BCUT2D eigenvalue weighted by atomic mass is 16.2. The SMILES string of the molecule is Cn1cc(CN2CCC[C@@]3(CCN(c4cncnc4)C3=O)C2)cn1. The van der Waals surface area contributed by atoms with E-state index >= 15 is 0 Å². The Balaban J connectivity index is 1.49. The van der Waals surface area contributed by atoms with Crippen molar-refractivity contribution in [2.24, 2.45) is 12.5 Å². The summed E-state index contributed by atoms with van der Waals surface area (Å²) in [7, 11) is 1.93. The van der Waals surface area contributed by atoms with E-state index in [2.05, 4.69) is 20.0 Å². The molecule has 4 heterocycles. The van der Waals surface area contributed by atoms with Gasteiger partial charge in [0.05, 0.1) is 29.7 Å². The lowest BCUT2D eigenvalue weighted by Gasteiger charge is -2.38. The van der Waals surface area contributed by atoms with Gasteiger partial charge in [-0.05, 0) is 25.8 Å². The molecule has 7 heteroatoms. The molecular formula is C17H22N6O. The predicted molar refractivity (Wildman–Crippen MR) is 89.2 cm³/mol. The molecule has 0 aromatic carbocycles. The molecule has 0 N–H and O–H groups in total. The van der Waals surface area contributed by atoms with E-state index in [1.165, 1.54) is 11.9 Å². The van der Waals surface area contributed by atoms with Gasteiger partial charge in [0.25, 0.3) is 0 Å². The van der Waals surface area contributed by atoms with Crippen LogP contribution >= 0.6 is 0 Å². The van der Waals surface area contributed by atoms with Gasteiger partial charge in [0.2, 0.25) is 5.91 Å². The number of aromatic nitrogens is 4. The molecule has 126 valence electrons. The second kappa shape index (κ2) is 5.98. The van der Waals surface area contributed by atoms with Crippen molar-refractivity contribution in [1.29, 1.82) is 0 Å². The van der Waals surface area contributed by atoms with Crippen molar-refractivity contribution in [1.82, 2.24) is 24.6 Å². The minimum atomic E-state index is -0.254. The summed E-state index contributed by atoms with van der Waals surface area (Å²) in [5.74, 6) is 0.230. The van der Waals surface area contributed by atoms with Gasteiger partial charge in [0, 0.05) is 38.4 Å². The summed E-state index contributed by atoms with van der Waals surface area (Å²) in [6.07, 6.45) is 11.8. The Bertz CT molecular complexity index is 730. The van der Waals surface area contributed by atoms with Crippen LogP contribution in [0.5, 0.6) is 0 Å². The molecule has 2 aliphatic heterocycles. The Morgan fingerprint density at radius 2 is 2.00 bits per heavy atom. The smallest absolute Gasteiger partial charge is 0.234 e. The van der Waals surface area contributed by atoms with Gasteiger partial charge in [-0.2, -0.15) is 5.10 Å². The van der Waals surface area contributed by atoms with Crippen LogP contribution < -0.4 is 4.90 Å². The Hall–Kier alpha value is -2.28. The van der Waals surface area contributed by atoms with Crippen LogP contribution in [0.4, 0.5) is 5.69 Å². The van der Waals surface area contributed by atoms with E-state index in [-0.39, 0.29) is 11.3 Å². The highest BCUT2D eigenvalue weighted by Crippen LogP contribution is 2.41.